The first-order valence-electron chi connectivity index (χ1n) is 7.07. The maximum Gasteiger partial charge on any atom is 0.213 e. The van der Waals surface area contributed by atoms with E-state index in [0.29, 0.717) is 12.5 Å². The molecular weight excluding hydrogens is 264 g/mol. The van der Waals surface area contributed by atoms with E-state index >= 15 is 0 Å². The van der Waals surface area contributed by atoms with Crippen molar-refractivity contribution >= 4 is 0 Å². The molecule has 2 rings (SSSR count). The van der Waals surface area contributed by atoms with Gasteiger partial charge in [-0.15, -0.1) is 0 Å². The standard InChI is InChI=1S/C17H22N2O2/c1-12-6-4-7-14(10-13(2)18)17(12)21-11-15-8-5-9-16(19-15)20-3/h4-9,13H,10-11,18H2,1-3H3. The van der Waals surface area contributed by atoms with E-state index in [1.807, 2.05) is 44.2 Å². The van der Waals surface area contributed by atoms with Gasteiger partial charge in [0.25, 0.3) is 0 Å². The lowest BCUT2D eigenvalue weighted by molar-refractivity contribution is 0.292. The first-order chi connectivity index (χ1) is 10.1. The Hall–Kier alpha value is -2.07. The zero-order valence-corrected chi connectivity index (χ0v) is 12.8. The minimum absolute atomic E-state index is 0.101. The number of hydrogen-bond donors (Lipinski definition) is 1. The molecule has 1 aromatic carbocycles. The van der Waals surface area contributed by atoms with Gasteiger partial charge in [0.15, 0.2) is 0 Å². The molecule has 2 aromatic rings. The Labute approximate surface area is 125 Å². The number of para-hydroxylation sites is 1. The molecule has 0 bridgehead atoms. The average molecular weight is 286 g/mol. The summed E-state index contributed by atoms with van der Waals surface area (Å²) in [4.78, 5) is 4.35. The van der Waals surface area contributed by atoms with Crippen molar-refractivity contribution in [2.75, 3.05) is 7.11 Å². The summed E-state index contributed by atoms with van der Waals surface area (Å²) in [5.74, 6) is 1.50. The molecule has 2 N–H and O–H groups in total. The number of nitrogens with zero attached hydrogens (tertiary/aromatic N) is 1. The van der Waals surface area contributed by atoms with E-state index in [0.717, 1.165) is 29.0 Å². The van der Waals surface area contributed by atoms with Crippen LogP contribution in [0.4, 0.5) is 0 Å². The summed E-state index contributed by atoms with van der Waals surface area (Å²) in [5.41, 5.74) is 8.98. The maximum absolute atomic E-state index is 5.98. The van der Waals surface area contributed by atoms with Crippen molar-refractivity contribution in [3.63, 3.8) is 0 Å². The summed E-state index contributed by atoms with van der Waals surface area (Å²) in [6, 6.07) is 11.9. The quantitative estimate of drug-likeness (QED) is 0.887. The molecule has 1 heterocycles. The SMILES string of the molecule is COc1cccc(COc2c(C)cccc2CC(C)N)n1. The Morgan fingerprint density at radius 2 is 1.95 bits per heavy atom. The second-order valence-corrected chi connectivity index (χ2v) is 5.20. The van der Waals surface area contributed by atoms with E-state index in [4.69, 9.17) is 15.2 Å². The van der Waals surface area contributed by atoms with Gasteiger partial charge in [-0.1, -0.05) is 24.3 Å². The van der Waals surface area contributed by atoms with Crippen LogP contribution in [0.15, 0.2) is 36.4 Å². The molecule has 1 unspecified atom stereocenters. The van der Waals surface area contributed by atoms with Crippen LogP contribution in [0.3, 0.4) is 0 Å². The first-order valence-corrected chi connectivity index (χ1v) is 7.07. The fourth-order valence-electron chi connectivity index (χ4n) is 2.23. The topological polar surface area (TPSA) is 57.4 Å². The Morgan fingerprint density at radius 1 is 1.19 bits per heavy atom. The Morgan fingerprint density at radius 3 is 2.67 bits per heavy atom. The summed E-state index contributed by atoms with van der Waals surface area (Å²) < 4.78 is 11.1. The number of pyridine rings is 1. The third-order valence-electron chi connectivity index (χ3n) is 3.19. The van der Waals surface area contributed by atoms with Crippen molar-refractivity contribution < 1.29 is 9.47 Å². The fourth-order valence-corrected chi connectivity index (χ4v) is 2.23. The predicted molar refractivity (Wildman–Crippen MR) is 83.7 cm³/mol. The van der Waals surface area contributed by atoms with Gasteiger partial charge in [0, 0.05) is 12.1 Å². The molecule has 0 aliphatic heterocycles. The molecular formula is C17H22N2O2. The van der Waals surface area contributed by atoms with Crippen LogP contribution in [0, 0.1) is 6.92 Å². The first kappa shape index (κ1) is 15.3. The van der Waals surface area contributed by atoms with Gasteiger partial charge in [0.1, 0.15) is 12.4 Å². The van der Waals surface area contributed by atoms with Crippen LogP contribution < -0.4 is 15.2 Å². The van der Waals surface area contributed by atoms with Gasteiger partial charge >= 0.3 is 0 Å². The van der Waals surface area contributed by atoms with Gasteiger partial charge in [-0.2, -0.15) is 0 Å². The number of aromatic nitrogens is 1. The molecule has 0 saturated carbocycles. The number of methoxy groups -OCH3 is 1. The zero-order chi connectivity index (χ0) is 15.2. The minimum atomic E-state index is 0.101. The van der Waals surface area contributed by atoms with Gasteiger partial charge in [-0.25, -0.2) is 4.98 Å². The van der Waals surface area contributed by atoms with E-state index in [1.54, 1.807) is 7.11 Å². The highest BCUT2D eigenvalue weighted by Crippen LogP contribution is 2.25. The summed E-state index contributed by atoms with van der Waals surface area (Å²) in [7, 11) is 1.61. The summed E-state index contributed by atoms with van der Waals surface area (Å²) >= 11 is 0. The average Bonchev–Trinajstić information content (AvgIpc) is 2.46. The molecule has 0 aliphatic rings. The molecule has 0 spiro atoms. The lowest BCUT2D eigenvalue weighted by atomic mass is 10.0. The third-order valence-corrected chi connectivity index (χ3v) is 3.19. The maximum atomic E-state index is 5.98. The highest BCUT2D eigenvalue weighted by molar-refractivity contribution is 5.41. The van der Waals surface area contributed by atoms with Gasteiger partial charge < -0.3 is 15.2 Å². The summed E-state index contributed by atoms with van der Waals surface area (Å²) in [5, 5.41) is 0. The lowest BCUT2D eigenvalue weighted by Crippen LogP contribution is -2.18. The van der Waals surface area contributed by atoms with Crippen LogP contribution >= 0.6 is 0 Å². The molecule has 0 radical (unpaired) electrons. The van der Waals surface area contributed by atoms with Gasteiger partial charge in [-0.3, -0.25) is 0 Å². The van der Waals surface area contributed by atoms with Gasteiger partial charge in [0.05, 0.1) is 12.8 Å². The van der Waals surface area contributed by atoms with Crippen LogP contribution in [0.25, 0.3) is 0 Å². The number of aryl methyl sites for hydroxylation is 1. The van der Waals surface area contributed by atoms with Crippen molar-refractivity contribution in [3.8, 4) is 11.6 Å². The molecule has 0 amide bonds. The highest BCUT2D eigenvalue weighted by Gasteiger charge is 2.09. The zero-order valence-electron chi connectivity index (χ0n) is 12.8. The second kappa shape index (κ2) is 7.09. The third kappa shape index (κ3) is 4.20. The molecule has 0 saturated heterocycles. The second-order valence-electron chi connectivity index (χ2n) is 5.20. The van der Waals surface area contributed by atoms with Crippen molar-refractivity contribution in [1.29, 1.82) is 0 Å². The molecule has 0 aliphatic carbocycles. The Kier molecular flexibility index (Phi) is 5.17. The molecule has 112 valence electrons. The largest absolute Gasteiger partial charge is 0.487 e. The lowest BCUT2D eigenvalue weighted by Gasteiger charge is -2.15. The monoisotopic (exact) mass is 286 g/mol. The number of rotatable bonds is 6. The van der Waals surface area contributed by atoms with E-state index in [9.17, 15) is 0 Å². The van der Waals surface area contributed by atoms with Crippen molar-refractivity contribution in [2.45, 2.75) is 32.9 Å². The number of hydrogen-bond acceptors (Lipinski definition) is 4. The van der Waals surface area contributed by atoms with Crippen LogP contribution in [0.1, 0.15) is 23.7 Å². The van der Waals surface area contributed by atoms with E-state index < -0.39 is 0 Å². The van der Waals surface area contributed by atoms with Crippen molar-refractivity contribution in [1.82, 2.24) is 4.98 Å². The number of benzene rings is 1. The predicted octanol–water partition coefficient (Wildman–Crippen LogP) is 2.87. The highest BCUT2D eigenvalue weighted by atomic mass is 16.5. The van der Waals surface area contributed by atoms with Crippen LogP contribution in [0.2, 0.25) is 0 Å². The van der Waals surface area contributed by atoms with Gasteiger partial charge in [0.2, 0.25) is 5.88 Å². The molecule has 21 heavy (non-hydrogen) atoms. The molecule has 4 nitrogen and oxygen atoms in total. The van der Waals surface area contributed by atoms with Crippen molar-refractivity contribution in [2.24, 2.45) is 5.73 Å². The Bertz CT molecular complexity index is 597. The van der Waals surface area contributed by atoms with Gasteiger partial charge in [-0.05, 0) is 37.5 Å². The van der Waals surface area contributed by atoms with E-state index in [-0.39, 0.29) is 6.04 Å². The van der Waals surface area contributed by atoms with E-state index in [2.05, 4.69) is 11.1 Å². The smallest absolute Gasteiger partial charge is 0.213 e. The molecule has 4 heteroatoms. The number of ether oxygens (including phenoxy) is 2. The summed E-state index contributed by atoms with van der Waals surface area (Å²) in [6.45, 7) is 4.45. The summed E-state index contributed by atoms with van der Waals surface area (Å²) in [6.07, 6.45) is 0.794. The van der Waals surface area contributed by atoms with Crippen molar-refractivity contribution in [3.05, 3.63) is 53.2 Å². The van der Waals surface area contributed by atoms with Crippen LogP contribution in [-0.4, -0.2) is 18.1 Å². The fraction of sp³-hybridized carbons (Fsp3) is 0.353. The number of nitrogens with two attached hydrogens (primary N) is 1. The Balaban J connectivity index is 2.15. The molecule has 0 fully saturated rings. The minimum Gasteiger partial charge on any atom is -0.487 e. The molecule has 1 atom stereocenters. The van der Waals surface area contributed by atoms with E-state index in [1.165, 1.54) is 0 Å². The van der Waals surface area contributed by atoms with Crippen LogP contribution in [0.5, 0.6) is 11.6 Å². The normalized spacial score (nSPS) is 12.0. The van der Waals surface area contributed by atoms with Crippen LogP contribution in [-0.2, 0) is 13.0 Å². The molecule has 1 aromatic heterocycles.